The molecule has 0 amide bonds. The highest BCUT2D eigenvalue weighted by molar-refractivity contribution is 5.86. The minimum atomic E-state index is -1.05. The fourth-order valence-electron chi connectivity index (χ4n) is 6.24. The van der Waals surface area contributed by atoms with Gasteiger partial charge in [0, 0.05) is 31.1 Å². The number of carbonyl (C=O) groups excluding carboxylic acids is 3. The van der Waals surface area contributed by atoms with Gasteiger partial charge in [-0.15, -0.1) is 0 Å². The summed E-state index contributed by atoms with van der Waals surface area (Å²) in [6.07, 6.45) is 28.8. The molecule has 0 radical (unpaired) electrons. The molecule has 1 saturated carbocycles. The van der Waals surface area contributed by atoms with Crippen LogP contribution in [0.5, 0.6) is 0 Å². The summed E-state index contributed by atoms with van der Waals surface area (Å²) in [5.74, 6) is -1.36. The summed E-state index contributed by atoms with van der Waals surface area (Å²) < 4.78 is 10.3. The van der Waals surface area contributed by atoms with Crippen molar-refractivity contribution in [1.82, 2.24) is 0 Å². The number of allylic oxidation sites excluding steroid dienone is 3. The average Bonchev–Trinajstić information content (AvgIpc) is 3.34. The number of esters is 2. The average molecular weight is 679 g/mol. The van der Waals surface area contributed by atoms with Crippen LogP contribution in [-0.2, 0) is 23.9 Å². The maximum atomic E-state index is 12.4. The number of aliphatic hydroxyl groups excluding tert-OH is 3. The maximum absolute atomic E-state index is 12.4. The molecule has 0 aromatic heterocycles. The van der Waals surface area contributed by atoms with Crippen LogP contribution >= 0.6 is 0 Å². The smallest absolute Gasteiger partial charge is 0.305 e. The Hall–Kier alpha value is -2.03. The first-order valence-electron chi connectivity index (χ1n) is 19.5. The molecule has 1 aliphatic carbocycles. The third kappa shape index (κ3) is 23.3. The van der Waals surface area contributed by atoms with Gasteiger partial charge in [-0.2, -0.15) is 0 Å². The molecule has 0 saturated heterocycles. The highest BCUT2D eigenvalue weighted by Gasteiger charge is 2.39. The largest absolute Gasteiger partial charge is 0.463 e. The van der Waals surface area contributed by atoms with Crippen molar-refractivity contribution in [3.63, 3.8) is 0 Å². The summed E-state index contributed by atoms with van der Waals surface area (Å²) in [6.45, 7) is 3.97. The topological polar surface area (TPSA) is 130 Å². The summed E-state index contributed by atoms with van der Waals surface area (Å²) in [5.41, 5.74) is 0. The van der Waals surface area contributed by atoms with Gasteiger partial charge in [-0.1, -0.05) is 141 Å². The molecule has 0 aliphatic heterocycles. The quantitative estimate of drug-likeness (QED) is 0.0378. The number of hydrogen-bond acceptors (Lipinski definition) is 8. The highest BCUT2D eigenvalue weighted by Crippen LogP contribution is 2.33. The molecule has 1 aliphatic rings. The van der Waals surface area contributed by atoms with Crippen molar-refractivity contribution in [2.75, 3.05) is 13.2 Å². The molecule has 8 heteroatoms. The van der Waals surface area contributed by atoms with Gasteiger partial charge in [-0.3, -0.25) is 14.4 Å². The van der Waals surface area contributed by atoms with Crippen molar-refractivity contribution < 1.29 is 39.2 Å². The van der Waals surface area contributed by atoms with E-state index < -0.39 is 30.2 Å². The van der Waals surface area contributed by atoms with E-state index in [0.717, 1.165) is 38.5 Å². The maximum Gasteiger partial charge on any atom is 0.305 e. The molecule has 3 N–H and O–H groups in total. The van der Waals surface area contributed by atoms with Gasteiger partial charge in [-0.25, -0.2) is 0 Å². The van der Waals surface area contributed by atoms with Crippen molar-refractivity contribution in [2.45, 2.75) is 186 Å². The number of hydrogen-bond donors (Lipinski definition) is 3. The molecule has 5 atom stereocenters. The van der Waals surface area contributed by atoms with E-state index in [1.54, 1.807) is 12.2 Å². The lowest BCUT2D eigenvalue weighted by Gasteiger charge is -2.17. The number of ether oxygens (including phenoxy) is 2. The van der Waals surface area contributed by atoms with Crippen molar-refractivity contribution in [3.8, 4) is 0 Å². The second kappa shape index (κ2) is 29.8. The molecule has 1 rings (SSSR count). The van der Waals surface area contributed by atoms with Gasteiger partial charge in [-0.05, 0) is 32.1 Å². The second-order valence-corrected chi connectivity index (χ2v) is 13.8. The van der Waals surface area contributed by atoms with E-state index >= 15 is 0 Å². The Morgan fingerprint density at radius 3 is 1.79 bits per heavy atom. The molecule has 0 spiro atoms. The first kappa shape index (κ1) is 44.0. The Morgan fingerprint density at radius 2 is 1.23 bits per heavy atom. The van der Waals surface area contributed by atoms with E-state index in [9.17, 15) is 29.7 Å². The van der Waals surface area contributed by atoms with Gasteiger partial charge in [0.1, 0.15) is 25.1 Å². The zero-order valence-electron chi connectivity index (χ0n) is 30.5. The van der Waals surface area contributed by atoms with Crippen molar-refractivity contribution in [2.24, 2.45) is 11.8 Å². The van der Waals surface area contributed by atoms with Crippen LogP contribution in [0.1, 0.15) is 168 Å². The molecule has 0 heterocycles. The summed E-state index contributed by atoms with van der Waals surface area (Å²) in [4.78, 5) is 36.4. The van der Waals surface area contributed by atoms with E-state index in [-0.39, 0.29) is 43.7 Å². The van der Waals surface area contributed by atoms with Crippen LogP contribution in [0.25, 0.3) is 0 Å². The lowest BCUT2D eigenvalue weighted by atomic mass is 9.90. The van der Waals surface area contributed by atoms with Gasteiger partial charge in [0.2, 0.25) is 0 Å². The van der Waals surface area contributed by atoms with Gasteiger partial charge >= 0.3 is 11.9 Å². The molecular weight excluding hydrogens is 608 g/mol. The summed E-state index contributed by atoms with van der Waals surface area (Å²) in [7, 11) is 0. The van der Waals surface area contributed by atoms with Crippen LogP contribution in [0.15, 0.2) is 24.3 Å². The Morgan fingerprint density at radius 1 is 0.729 bits per heavy atom. The molecule has 8 nitrogen and oxygen atoms in total. The van der Waals surface area contributed by atoms with E-state index in [2.05, 4.69) is 13.8 Å². The minimum Gasteiger partial charge on any atom is -0.463 e. The standard InChI is InChI=1S/C40H70O8/c1-3-5-7-8-9-10-11-12-13-14-15-16-17-22-26-39(45)47-31-34(42)32-48-40(46)27-23-19-18-21-25-35-36(38(44)30-37(35)43)29-28-33(41)24-20-6-4-2/h18,21,28-29,33-37,41-43H,3-17,19-20,22-27,30-32H2,1-2H3/b21-18-,29-28+/t33-,34-,35+,36+,37-/m0/s1. The third-order valence-electron chi connectivity index (χ3n) is 9.32. The van der Waals surface area contributed by atoms with Crippen LogP contribution < -0.4 is 0 Å². The fraction of sp³-hybridized carbons (Fsp3) is 0.825. The Kier molecular flexibility index (Phi) is 27.4. The monoisotopic (exact) mass is 679 g/mol. The first-order valence-corrected chi connectivity index (χ1v) is 19.5. The molecule has 0 unspecified atom stereocenters. The van der Waals surface area contributed by atoms with E-state index in [4.69, 9.17) is 9.47 Å². The van der Waals surface area contributed by atoms with Crippen molar-refractivity contribution in [3.05, 3.63) is 24.3 Å². The second-order valence-electron chi connectivity index (χ2n) is 13.8. The van der Waals surface area contributed by atoms with Crippen molar-refractivity contribution >= 4 is 17.7 Å². The zero-order valence-corrected chi connectivity index (χ0v) is 30.5. The number of carbonyl (C=O) groups is 3. The molecule has 0 aromatic rings. The van der Waals surface area contributed by atoms with Crippen LogP contribution in [0, 0.1) is 11.8 Å². The summed E-state index contributed by atoms with van der Waals surface area (Å²) in [6, 6.07) is 0. The molecule has 1 fully saturated rings. The van der Waals surface area contributed by atoms with Gasteiger partial charge in [0.15, 0.2) is 0 Å². The number of unbranched alkanes of at least 4 members (excludes halogenated alkanes) is 16. The fourth-order valence-corrected chi connectivity index (χ4v) is 6.24. The molecule has 0 bridgehead atoms. The molecular formula is C40H70O8. The van der Waals surface area contributed by atoms with Gasteiger partial charge < -0.3 is 24.8 Å². The van der Waals surface area contributed by atoms with E-state index in [1.807, 2.05) is 12.2 Å². The lowest BCUT2D eigenvalue weighted by molar-refractivity contribution is -0.152. The number of ketones is 1. The van der Waals surface area contributed by atoms with Crippen molar-refractivity contribution in [1.29, 1.82) is 0 Å². The number of aliphatic hydroxyl groups is 3. The summed E-state index contributed by atoms with van der Waals surface area (Å²) >= 11 is 0. The Bertz CT molecular complexity index is 884. The normalized spacial score (nSPS) is 19.4. The Balaban J connectivity index is 2.05. The number of rotatable bonds is 31. The van der Waals surface area contributed by atoms with Crippen LogP contribution in [0.3, 0.4) is 0 Å². The highest BCUT2D eigenvalue weighted by atomic mass is 16.6. The molecule has 0 aromatic carbocycles. The zero-order chi connectivity index (χ0) is 35.2. The first-order chi connectivity index (χ1) is 23.3. The summed E-state index contributed by atoms with van der Waals surface area (Å²) in [5, 5.41) is 30.6. The van der Waals surface area contributed by atoms with Gasteiger partial charge in [0.05, 0.1) is 12.2 Å². The van der Waals surface area contributed by atoms with E-state index in [0.29, 0.717) is 32.1 Å². The van der Waals surface area contributed by atoms with Crippen LogP contribution in [-0.4, -0.2) is 64.6 Å². The molecule has 278 valence electrons. The SMILES string of the molecule is CCCCCCCCCCCCCCCCC(=O)OC[C@H](O)COC(=O)CCC/C=C\C[C@H]1[C@@H](O)CC(=O)[C@@H]1/C=C/[C@@H](O)CCCCC. The molecule has 48 heavy (non-hydrogen) atoms. The number of Topliss-reactive ketones (excluding diaryl/α,β-unsaturated/α-hetero) is 1. The van der Waals surface area contributed by atoms with Crippen LogP contribution in [0.4, 0.5) is 0 Å². The lowest BCUT2D eigenvalue weighted by Crippen LogP contribution is -2.25. The predicted octanol–water partition coefficient (Wildman–Crippen LogP) is 8.49. The van der Waals surface area contributed by atoms with E-state index in [1.165, 1.54) is 70.6 Å². The third-order valence-corrected chi connectivity index (χ3v) is 9.32. The predicted molar refractivity (Wildman–Crippen MR) is 192 cm³/mol. The minimum absolute atomic E-state index is 0.00244. The van der Waals surface area contributed by atoms with Crippen LogP contribution in [0.2, 0.25) is 0 Å². The Labute approximate surface area is 292 Å². The van der Waals surface area contributed by atoms with Gasteiger partial charge in [0.25, 0.3) is 0 Å².